The molecule has 2 aromatic heterocycles. The van der Waals surface area contributed by atoms with Crippen LogP contribution in [-0.2, 0) is 6.42 Å². The number of aryl methyl sites for hydroxylation is 2. The summed E-state index contributed by atoms with van der Waals surface area (Å²) in [6, 6.07) is 5.33. The van der Waals surface area contributed by atoms with E-state index in [1.165, 1.54) is 0 Å². The molecule has 0 bridgehead atoms. The van der Waals surface area contributed by atoms with E-state index in [4.69, 9.17) is 4.52 Å². The molecule has 0 spiro atoms. The van der Waals surface area contributed by atoms with Gasteiger partial charge in [-0.05, 0) is 31.5 Å². The second-order valence-corrected chi connectivity index (χ2v) is 5.63. The standard InChI is InChI=1S/C14H13N3O2S/c1-8-3-4-11(12(18)5-8)14-16-13(17-19-14)6-10-7-20-9(2)15-10/h3-5,7,18H,6H2,1-2H3. The Hall–Kier alpha value is -2.21. The van der Waals surface area contributed by atoms with Crippen LogP contribution in [0.4, 0.5) is 0 Å². The van der Waals surface area contributed by atoms with Gasteiger partial charge < -0.3 is 9.63 Å². The summed E-state index contributed by atoms with van der Waals surface area (Å²) in [4.78, 5) is 8.67. The van der Waals surface area contributed by atoms with Gasteiger partial charge in [-0.25, -0.2) is 4.98 Å². The van der Waals surface area contributed by atoms with Gasteiger partial charge in [0.05, 0.1) is 22.7 Å². The number of hydrogen-bond donors (Lipinski definition) is 1. The molecule has 3 aromatic rings. The van der Waals surface area contributed by atoms with Crippen molar-refractivity contribution < 1.29 is 9.63 Å². The zero-order valence-electron chi connectivity index (χ0n) is 11.1. The van der Waals surface area contributed by atoms with Crippen LogP contribution >= 0.6 is 11.3 Å². The fourth-order valence-electron chi connectivity index (χ4n) is 1.91. The zero-order valence-corrected chi connectivity index (χ0v) is 11.9. The average Bonchev–Trinajstić information content (AvgIpc) is 2.99. The quantitative estimate of drug-likeness (QED) is 0.801. The molecule has 0 saturated carbocycles. The maximum absolute atomic E-state index is 9.91. The smallest absolute Gasteiger partial charge is 0.261 e. The highest BCUT2D eigenvalue weighted by Gasteiger charge is 2.13. The Bertz CT molecular complexity index is 748. The van der Waals surface area contributed by atoms with E-state index in [2.05, 4.69) is 15.1 Å². The minimum atomic E-state index is 0.143. The predicted octanol–water partition coefficient (Wildman–Crippen LogP) is 3.11. The fraction of sp³-hybridized carbons (Fsp3) is 0.214. The van der Waals surface area contributed by atoms with Crippen molar-refractivity contribution in [1.82, 2.24) is 15.1 Å². The Morgan fingerprint density at radius 3 is 2.80 bits per heavy atom. The van der Waals surface area contributed by atoms with Crippen LogP contribution in [0, 0.1) is 13.8 Å². The third kappa shape index (κ3) is 2.55. The second kappa shape index (κ2) is 5.05. The van der Waals surface area contributed by atoms with Crippen molar-refractivity contribution in [2.75, 3.05) is 0 Å². The van der Waals surface area contributed by atoms with Crippen molar-refractivity contribution in [1.29, 1.82) is 0 Å². The summed E-state index contributed by atoms with van der Waals surface area (Å²) in [5.74, 6) is 1.03. The summed E-state index contributed by atoms with van der Waals surface area (Å²) >= 11 is 1.59. The molecule has 2 heterocycles. The van der Waals surface area contributed by atoms with Gasteiger partial charge in [-0.3, -0.25) is 0 Å². The van der Waals surface area contributed by atoms with Gasteiger partial charge in [0.25, 0.3) is 5.89 Å². The lowest BCUT2D eigenvalue weighted by atomic mass is 10.1. The Kier molecular flexibility index (Phi) is 3.23. The molecular weight excluding hydrogens is 274 g/mol. The van der Waals surface area contributed by atoms with Crippen LogP contribution < -0.4 is 0 Å². The Morgan fingerprint density at radius 1 is 1.25 bits per heavy atom. The molecule has 0 aliphatic rings. The highest BCUT2D eigenvalue weighted by Crippen LogP contribution is 2.28. The van der Waals surface area contributed by atoms with Crippen molar-refractivity contribution in [3.05, 3.63) is 45.7 Å². The first-order valence-corrected chi connectivity index (χ1v) is 7.03. The molecule has 0 fully saturated rings. The predicted molar refractivity (Wildman–Crippen MR) is 75.8 cm³/mol. The largest absolute Gasteiger partial charge is 0.507 e. The van der Waals surface area contributed by atoms with Crippen LogP contribution in [-0.4, -0.2) is 20.2 Å². The van der Waals surface area contributed by atoms with Crippen molar-refractivity contribution in [3.8, 4) is 17.2 Å². The lowest BCUT2D eigenvalue weighted by Gasteiger charge is -1.99. The number of thiazole rings is 1. The Balaban J connectivity index is 1.86. The molecule has 1 N–H and O–H groups in total. The van der Waals surface area contributed by atoms with Gasteiger partial charge in [-0.15, -0.1) is 11.3 Å². The molecule has 6 heteroatoms. The lowest BCUT2D eigenvalue weighted by Crippen LogP contribution is -1.91. The molecule has 3 rings (SSSR count). The van der Waals surface area contributed by atoms with Crippen molar-refractivity contribution in [2.24, 2.45) is 0 Å². The van der Waals surface area contributed by atoms with Crippen LogP contribution in [0.1, 0.15) is 22.1 Å². The second-order valence-electron chi connectivity index (χ2n) is 4.57. The normalized spacial score (nSPS) is 10.9. The monoisotopic (exact) mass is 287 g/mol. The maximum atomic E-state index is 9.91. The number of hydrogen-bond acceptors (Lipinski definition) is 6. The Morgan fingerprint density at radius 2 is 2.10 bits per heavy atom. The SMILES string of the molecule is Cc1ccc(-c2nc(Cc3csc(C)n3)no2)c(O)c1. The molecule has 0 aliphatic heterocycles. The number of nitrogens with zero attached hydrogens (tertiary/aromatic N) is 3. The topological polar surface area (TPSA) is 72.0 Å². The van der Waals surface area contributed by atoms with Crippen LogP contribution in [0.3, 0.4) is 0 Å². The minimum absolute atomic E-state index is 0.143. The Labute approximate surface area is 119 Å². The van der Waals surface area contributed by atoms with E-state index in [-0.39, 0.29) is 5.75 Å². The van der Waals surface area contributed by atoms with Crippen LogP contribution in [0.15, 0.2) is 28.1 Å². The summed E-state index contributed by atoms with van der Waals surface area (Å²) in [6.45, 7) is 3.87. The van der Waals surface area contributed by atoms with Crippen molar-refractivity contribution in [3.63, 3.8) is 0 Å². The molecule has 1 aromatic carbocycles. The summed E-state index contributed by atoms with van der Waals surface area (Å²) in [5.41, 5.74) is 2.45. The van der Waals surface area contributed by atoms with E-state index < -0.39 is 0 Å². The first kappa shape index (κ1) is 12.8. The van der Waals surface area contributed by atoms with Crippen LogP contribution in [0.2, 0.25) is 0 Å². The number of phenolic OH excluding ortho intramolecular Hbond substituents is 1. The van der Waals surface area contributed by atoms with Crippen molar-refractivity contribution >= 4 is 11.3 Å². The average molecular weight is 287 g/mol. The van der Waals surface area contributed by atoms with Gasteiger partial charge in [-0.1, -0.05) is 11.2 Å². The van der Waals surface area contributed by atoms with Gasteiger partial charge >= 0.3 is 0 Å². The number of benzene rings is 1. The van der Waals surface area contributed by atoms with Crippen molar-refractivity contribution in [2.45, 2.75) is 20.3 Å². The molecule has 102 valence electrons. The molecule has 20 heavy (non-hydrogen) atoms. The molecule has 0 amide bonds. The third-order valence-corrected chi connectivity index (χ3v) is 3.68. The summed E-state index contributed by atoms with van der Waals surface area (Å²) < 4.78 is 5.20. The van der Waals surface area contributed by atoms with Gasteiger partial charge in [0, 0.05) is 5.38 Å². The number of phenols is 1. The van der Waals surface area contributed by atoms with Gasteiger partial charge in [0.2, 0.25) is 0 Å². The first-order chi connectivity index (χ1) is 9.61. The lowest BCUT2D eigenvalue weighted by molar-refractivity contribution is 0.418. The molecular formula is C14H13N3O2S. The van der Waals surface area contributed by atoms with E-state index in [1.54, 1.807) is 23.5 Å². The third-order valence-electron chi connectivity index (χ3n) is 2.86. The first-order valence-electron chi connectivity index (χ1n) is 6.15. The van der Waals surface area contributed by atoms with Crippen LogP contribution in [0.5, 0.6) is 5.75 Å². The van der Waals surface area contributed by atoms with Crippen LogP contribution in [0.25, 0.3) is 11.5 Å². The summed E-state index contributed by atoms with van der Waals surface area (Å²) in [5, 5.41) is 16.8. The minimum Gasteiger partial charge on any atom is -0.507 e. The van der Waals surface area contributed by atoms with E-state index >= 15 is 0 Å². The summed E-state index contributed by atoms with van der Waals surface area (Å²) in [6.07, 6.45) is 0.528. The zero-order chi connectivity index (χ0) is 14.1. The molecule has 0 unspecified atom stereocenters. The molecule has 0 saturated heterocycles. The molecule has 0 atom stereocenters. The fourth-order valence-corrected chi connectivity index (χ4v) is 2.52. The molecule has 0 aliphatic carbocycles. The van der Waals surface area contributed by atoms with E-state index in [0.717, 1.165) is 16.3 Å². The number of rotatable bonds is 3. The highest BCUT2D eigenvalue weighted by molar-refractivity contribution is 7.09. The number of aromatic nitrogens is 3. The number of aromatic hydroxyl groups is 1. The maximum Gasteiger partial charge on any atom is 0.261 e. The highest BCUT2D eigenvalue weighted by atomic mass is 32.1. The van der Waals surface area contributed by atoms with Gasteiger partial charge in [-0.2, -0.15) is 4.98 Å². The molecule has 0 radical (unpaired) electrons. The van der Waals surface area contributed by atoms with E-state index in [9.17, 15) is 5.11 Å². The van der Waals surface area contributed by atoms with E-state index in [0.29, 0.717) is 23.7 Å². The molecule has 5 nitrogen and oxygen atoms in total. The van der Waals surface area contributed by atoms with Gasteiger partial charge in [0.1, 0.15) is 5.75 Å². The van der Waals surface area contributed by atoms with Gasteiger partial charge in [0.15, 0.2) is 5.82 Å². The summed E-state index contributed by atoms with van der Waals surface area (Å²) in [7, 11) is 0. The van der Waals surface area contributed by atoms with E-state index in [1.807, 2.05) is 25.3 Å².